The Morgan fingerprint density at radius 3 is 2.60 bits per heavy atom. The zero-order valence-corrected chi connectivity index (χ0v) is 13.0. The van der Waals surface area contributed by atoms with Crippen molar-refractivity contribution in [2.75, 3.05) is 13.7 Å². The van der Waals surface area contributed by atoms with E-state index in [1.54, 1.807) is 7.11 Å². The Kier molecular flexibility index (Phi) is 4.48. The molecule has 3 heteroatoms. The van der Waals surface area contributed by atoms with Gasteiger partial charge in [0.15, 0.2) is 5.78 Å². The van der Waals surface area contributed by atoms with Crippen molar-refractivity contribution < 1.29 is 9.53 Å². The van der Waals surface area contributed by atoms with E-state index in [0.29, 0.717) is 11.3 Å². The first kappa shape index (κ1) is 15.0. The number of rotatable bonds is 3. The minimum atomic E-state index is -0.0622. The molecule has 1 aromatic rings. The monoisotopic (exact) mass is 275 g/mol. The Hall–Kier alpha value is -1.35. The predicted octanol–water partition coefficient (Wildman–Crippen LogP) is 3.32. The Morgan fingerprint density at radius 1 is 1.30 bits per heavy atom. The fourth-order valence-electron chi connectivity index (χ4n) is 2.63. The normalized spacial score (nSPS) is 19.7. The third kappa shape index (κ3) is 3.21. The molecule has 0 amide bonds. The van der Waals surface area contributed by atoms with E-state index in [1.165, 1.54) is 0 Å². The lowest BCUT2D eigenvalue weighted by molar-refractivity contribution is 0.0924. The van der Waals surface area contributed by atoms with Crippen molar-refractivity contribution >= 4 is 5.78 Å². The first-order valence-electron chi connectivity index (χ1n) is 7.39. The van der Waals surface area contributed by atoms with Crippen LogP contribution in [0.15, 0.2) is 18.2 Å². The van der Waals surface area contributed by atoms with Crippen molar-refractivity contribution in [2.24, 2.45) is 0 Å². The third-order valence-corrected chi connectivity index (χ3v) is 3.96. The van der Waals surface area contributed by atoms with Crippen LogP contribution in [-0.2, 0) is 5.41 Å². The zero-order chi connectivity index (χ0) is 14.8. The Morgan fingerprint density at radius 2 is 2.05 bits per heavy atom. The van der Waals surface area contributed by atoms with Gasteiger partial charge in [-0.15, -0.1) is 0 Å². The molecule has 0 bridgehead atoms. The van der Waals surface area contributed by atoms with E-state index in [1.807, 2.05) is 18.2 Å². The smallest absolute Gasteiger partial charge is 0.183 e. The zero-order valence-electron chi connectivity index (χ0n) is 13.0. The number of methoxy groups -OCH3 is 1. The molecule has 20 heavy (non-hydrogen) atoms. The van der Waals surface area contributed by atoms with Crippen LogP contribution in [0.5, 0.6) is 5.75 Å². The molecule has 1 atom stereocenters. The van der Waals surface area contributed by atoms with Crippen LogP contribution in [0, 0.1) is 0 Å². The second-order valence-electron chi connectivity index (χ2n) is 6.53. The van der Waals surface area contributed by atoms with E-state index in [0.717, 1.165) is 31.4 Å². The van der Waals surface area contributed by atoms with Crippen molar-refractivity contribution in [3.63, 3.8) is 0 Å². The number of carbonyl (C=O) groups is 1. The van der Waals surface area contributed by atoms with Crippen molar-refractivity contribution in [2.45, 2.75) is 51.5 Å². The molecule has 1 fully saturated rings. The molecule has 1 saturated heterocycles. The molecule has 110 valence electrons. The average molecular weight is 275 g/mol. The van der Waals surface area contributed by atoms with Gasteiger partial charge in [0.1, 0.15) is 5.75 Å². The molecule has 0 spiro atoms. The van der Waals surface area contributed by atoms with Gasteiger partial charge >= 0.3 is 0 Å². The summed E-state index contributed by atoms with van der Waals surface area (Å²) < 4.78 is 5.38. The van der Waals surface area contributed by atoms with E-state index in [4.69, 9.17) is 4.74 Å². The van der Waals surface area contributed by atoms with Crippen molar-refractivity contribution in [1.29, 1.82) is 0 Å². The number of carbonyl (C=O) groups excluding carboxylic acids is 1. The summed E-state index contributed by atoms with van der Waals surface area (Å²) in [5.41, 5.74) is 1.90. The summed E-state index contributed by atoms with van der Waals surface area (Å²) in [6.07, 6.45) is 3.19. The van der Waals surface area contributed by atoms with Crippen LogP contribution in [0.4, 0.5) is 0 Å². The minimum absolute atomic E-state index is 0.0291. The summed E-state index contributed by atoms with van der Waals surface area (Å²) in [5, 5.41) is 3.32. The van der Waals surface area contributed by atoms with Crippen LogP contribution in [0.3, 0.4) is 0 Å². The molecule has 0 radical (unpaired) electrons. The summed E-state index contributed by atoms with van der Waals surface area (Å²) in [6, 6.07) is 5.89. The number of Topliss-reactive ketones (excluding diaryl/α,β-unsaturated/α-hetero) is 1. The van der Waals surface area contributed by atoms with Crippen LogP contribution in [0.2, 0.25) is 0 Å². The van der Waals surface area contributed by atoms with Crippen LogP contribution in [0.25, 0.3) is 0 Å². The number of hydrogen-bond donors (Lipinski definition) is 1. The van der Waals surface area contributed by atoms with Gasteiger partial charge in [-0.25, -0.2) is 0 Å². The highest BCUT2D eigenvalue weighted by atomic mass is 16.5. The molecule has 0 saturated carbocycles. The second kappa shape index (κ2) is 5.96. The molecule has 1 aromatic carbocycles. The maximum Gasteiger partial charge on any atom is 0.183 e. The van der Waals surface area contributed by atoms with Crippen LogP contribution < -0.4 is 10.1 Å². The summed E-state index contributed by atoms with van der Waals surface area (Å²) in [7, 11) is 1.62. The minimum Gasteiger partial charge on any atom is -0.496 e. The van der Waals surface area contributed by atoms with Gasteiger partial charge in [-0.2, -0.15) is 0 Å². The van der Waals surface area contributed by atoms with E-state index >= 15 is 0 Å². The molecule has 1 aliphatic heterocycles. The largest absolute Gasteiger partial charge is 0.496 e. The number of hydrogen-bond acceptors (Lipinski definition) is 3. The van der Waals surface area contributed by atoms with Gasteiger partial charge in [-0.3, -0.25) is 4.79 Å². The number of piperidine rings is 1. The number of ether oxygens (including phenoxy) is 1. The average Bonchev–Trinajstić information content (AvgIpc) is 2.45. The van der Waals surface area contributed by atoms with E-state index in [-0.39, 0.29) is 17.2 Å². The van der Waals surface area contributed by atoms with Gasteiger partial charge in [-0.05, 0) is 42.5 Å². The Balaban J connectivity index is 2.34. The molecule has 1 heterocycles. The van der Waals surface area contributed by atoms with E-state index in [9.17, 15) is 4.79 Å². The molecular weight excluding hydrogens is 250 g/mol. The highest BCUT2D eigenvalue weighted by Gasteiger charge is 2.26. The van der Waals surface area contributed by atoms with Crippen LogP contribution in [-0.4, -0.2) is 25.5 Å². The molecule has 1 N–H and O–H groups in total. The summed E-state index contributed by atoms with van der Waals surface area (Å²) in [4.78, 5) is 12.7. The highest BCUT2D eigenvalue weighted by Crippen LogP contribution is 2.29. The summed E-state index contributed by atoms with van der Waals surface area (Å²) in [5.74, 6) is 0.836. The van der Waals surface area contributed by atoms with E-state index in [2.05, 4.69) is 26.1 Å². The molecule has 2 rings (SSSR count). The van der Waals surface area contributed by atoms with E-state index < -0.39 is 0 Å². The first-order valence-corrected chi connectivity index (χ1v) is 7.39. The van der Waals surface area contributed by atoms with Gasteiger partial charge in [0.2, 0.25) is 0 Å². The number of ketones is 1. The molecule has 0 aliphatic carbocycles. The third-order valence-electron chi connectivity index (χ3n) is 3.96. The fraction of sp³-hybridized carbons (Fsp3) is 0.588. The molecular formula is C17H25NO2. The SMILES string of the molecule is COc1ccc(C(C)(C)C)cc1C(=O)C1CCCCN1. The van der Waals surface area contributed by atoms with Gasteiger partial charge in [0, 0.05) is 0 Å². The topological polar surface area (TPSA) is 38.3 Å². The van der Waals surface area contributed by atoms with Gasteiger partial charge in [0.25, 0.3) is 0 Å². The van der Waals surface area contributed by atoms with Gasteiger partial charge < -0.3 is 10.1 Å². The van der Waals surface area contributed by atoms with Crippen LogP contribution in [0.1, 0.15) is 56.0 Å². The lowest BCUT2D eigenvalue weighted by atomic mass is 9.84. The standard InChI is InChI=1S/C17H25NO2/c1-17(2,3)12-8-9-15(20-4)13(11-12)16(19)14-7-5-6-10-18-14/h8-9,11,14,18H,5-7,10H2,1-4H3. The molecule has 0 aromatic heterocycles. The highest BCUT2D eigenvalue weighted by molar-refractivity contribution is 6.02. The predicted molar refractivity (Wildman–Crippen MR) is 81.7 cm³/mol. The lowest BCUT2D eigenvalue weighted by Gasteiger charge is -2.25. The Bertz CT molecular complexity index is 482. The lowest BCUT2D eigenvalue weighted by Crippen LogP contribution is -2.40. The first-order chi connectivity index (χ1) is 9.43. The second-order valence-corrected chi connectivity index (χ2v) is 6.53. The molecule has 1 unspecified atom stereocenters. The summed E-state index contributed by atoms with van der Waals surface area (Å²) in [6.45, 7) is 7.39. The summed E-state index contributed by atoms with van der Waals surface area (Å²) >= 11 is 0. The van der Waals surface area contributed by atoms with Crippen molar-refractivity contribution in [1.82, 2.24) is 5.32 Å². The molecule has 3 nitrogen and oxygen atoms in total. The maximum atomic E-state index is 12.7. The number of nitrogens with one attached hydrogen (secondary N) is 1. The Labute approximate surface area is 121 Å². The fourth-order valence-corrected chi connectivity index (χ4v) is 2.63. The maximum absolute atomic E-state index is 12.7. The van der Waals surface area contributed by atoms with Crippen molar-refractivity contribution in [3.8, 4) is 5.75 Å². The number of benzene rings is 1. The quantitative estimate of drug-likeness (QED) is 0.860. The molecule has 1 aliphatic rings. The van der Waals surface area contributed by atoms with Gasteiger partial charge in [0.05, 0.1) is 18.7 Å². The van der Waals surface area contributed by atoms with Crippen molar-refractivity contribution in [3.05, 3.63) is 29.3 Å². The van der Waals surface area contributed by atoms with Gasteiger partial charge in [-0.1, -0.05) is 33.3 Å². The van der Waals surface area contributed by atoms with Crippen LogP contribution >= 0.6 is 0 Å².